The summed E-state index contributed by atoms with van der Waals surface area (Å²) >= 11 is 0. The number of aryl methyl sites for hydroxylation is 2. The Balaban J connectivity index is 1.98. The second kappa shape index (κ2) is 6.20. The zero-order valence-electron chi connectivity index (χ0n) is 14.3. The lowest BCUT2D eigenvalue weighted by Crippen LogP contribution is -2.44. The molecule has 122 valence electrons. The van der Waals surface area contributed by atoms with Crippen molar-refractivity contribution < 1.29 is 9.53 Å². The Bertz CT molecular complexity index is 733. The van der Waals surface area contributed by atoms with Crippen LogP contribution >= 0.6 is 0 Å². The van der Waals surface area contributed by atoms with Crippen LogP contribution in [0.1, 0.15) is 34.2 Å². The second-order valence-electron chi connectivity index (χ2n) is 6.34. The van der Waals surface area contributed by atoms with E-state index in [1.807, 2.05) is 36.9 Å². The minimum atomic E-state index is 0.104. The molecule has 1 aliphatic rings. The van der Waals surface area contributed by atoms with Crippen molar-refractivity contribution in [1.82, 2.24) is 9.47 Å². The van der Waals surface area contributed by atoms with Crippen LogP contribution in [0.3, 0.4) is 0 Å². The maximum atomic E-state index is 12.9. The van der Waals surface area contributed by atoms with Crippen LogP contribution in [-0.2, 0) is 4.74 Å². The first-order valence-electron chi connectivity index (χ1n) is 8.15. The van der Waals surface area contributed by atoms with Gasteiger partial charge in [-0.3, -0.25) is 4.79 Å². The monoisotopic (exact) mass is 312 g/mol. The summed E-state index contributed by atoms with van der Waals surface area (Å²) in [5.74, 6) is 0.105. The van der Waals surface area contributed by atoms with Gasteiger partial charge in [0.2, 0.25) is 0 Å². The summed E-state index contributed by atoms with van der Waals surface area (Å²) in [7, 11) is 0. The average Bonchev–Trinajstić information content (AvgIpc) is 2.82. The lowest BCUT2D eigenvalue weighted by Gasteiger charge is -2.31. The van der Waals surface area contributed by atoms with E-state index < -0.39 is 0 Å². The zero-order chi connectivity index (χ0) is 16.6. The highest BCUT2D eigenvalue weighted by molar-refractivity contribution is 5.96. The van der Waals surface area contributed by atoms with Crippen molar-refractivity contribution in [2.45, 2.75) is 33.8 Å². The van der Waals surface area contributed by atoms with Gasteiger partial charge in [-0.2, -0.15) is 0 Å². The summed E-state index contributed by atoms with van der Waals surface area (Å²) in [4.78, 5) is 14.8. The molecule has 1 atom stereocenters. The molecule has 1 aliphatic heterocycles. The molecule has 23 heavy (non-hydrogen) atoms. The molecule has 4 nitrogen and oxygen atoms in total. The smallest absolute Gasteiger partial charge is 0.255 e. The van der Waals surface area contributed by atoms with Crippen LogP contribution < -0.4 is 0 Å². The molecule has 0 bridgehead atoms. The van der Waals surface area contributed by atoms with E-state index in [9.17, 15) is 4.79 Å². The van der Waals surface area contributed by atoms with Crippen molar-refractivity contribution in [2.75, 3.05) is 19.7 Å². The van der Waals surface area contributed by atoms with E-state index in [0.717, 1.165) is 22.6 Å². The molecule has 1 aromatic heterocycles. The van der Waals surface area contributed by atoms with Crippen LogP contribution in [0, 0.1) is 20.8 Å². The number of para-hydroxylation sites is 1. The van der Waals surface area contributed by atoms with Crippen molar-refractivity contribution in [3.8, 4) is 5.69 Å². The first-order chi connectivity index (χ1) is 11.0. The summed E-state index contributed by atoms with van der Waals surface area (Å²) in [5.41, 5.74) is 5.22. The van der Waals surface area contributed by atoms with Crippen molar-refractivity contribution in [3.05, 3.63) is 52.8 Å². The number of amides is 1. The number of hydrogen-bond acceptors (Lipinski definition) is 2. The number of ether oxygens (including phenoxy) is 1. The first-order valence-corrected chi connectivity index (χ1v) is 8.15. The molecular weight excluding hydrogens is 288 g/mol. The predicted molar refractivity (Wildman–Crippen MR) is 91.3 cm³/mol. The Labute approximate surface area is 137 Å². The number of carbonyl (C=O) groups excluding carboxylic acids is 1. The van der Waals surface area contributed by atoms with Crippen LogP contribution in [0.4, 0.5) is 0 Å². The first kappa shape index (κ1) is 15.8. The highest BCUT2D eigenvalue weighted by Crippen LogP contribution is 2.24. The summed E-state index contributed by atoms with van der Waals surface area (Å²) in [6.45, 7) is 10.1. The fraction of sp³-hybridized carbons (Fsp3) is 0.421. The van der Waals surface area contributed by atoms with Crippen molar-refractivity contribution in [1.29, 1.82) is 0 Å². The van der Waals surface area contributed by atoms with Gasteiger partial charge in [0.25, 0.3) is 5.91 Å². The summed E-state index contributed by atoms with van der Waals surface area (Å²) < 4.78 is 7.71. The van der Waals surface area contributed by atoms with Crippen molar-refractivity contribution in [3.63, 3.8) is 0 Å². The highest BCUT2D eigenvalue weighted by atomic mass is 16.5. The number of hydrogen-bond donors (Lipinski definition) is 0. The lowest BCUT2D eigenvalue weighted by molar-refractivity contribution is -0.0124. The van der Waals surface area contributed by atoms with Crippen LogP contribution in [0.5, 0.6) is 0 Å². The number of rotatable bonds is 2. The van der Waals surface area contributed by atoms with Crippen molar-refractivity contribution in [2.24, 2.45) is 0 Å². The lowest BCUT2D eigenvalue weighted by atomic mass is 10.1. The molecule has 1 aromatic carbocycles. The molecule has 2 heterocycles. The fourth-order valence-corrected chi connectivity index (χ4v) is 3.34. The minimum Gasteiger partial charge on any atom is -0.375 e. The Hall–Kier alpha value is -2.07. The van der Waals surface area contributed by atoms with Gasteiger partial charge >= 0.3 is 0 Å². The number of carbonyl (C=O) groups is 1. The molecule has 4 heteroatoms. The van der Waals surface area contributed by atoms with Crippen LogP contribution in [0.15, 0.2) is 30.3 Å². The third-order valence-electron chi connectivity index (χ3n) is 4.55. The van der Waals surface area contributed by atoms with Gasteiger partial charge in [-0.05, 0) is 45.4 Å². The molecule has 1 amide bonds. The zero-order valence-corrected chi connectivity index (χ0v) is 14.3. The molecule has 0 saturated carbocycles. The normalized spacial score (nSPS) is 18.3. The van der Waals surface area contributed by atoms with Crippen LogP contribution in [-0.4, -0.2) is 41.2 Å². The number of benzene rings is 1. The van der Waals surface area contributed by atoms with E-state index in [4.69, 9.17) is 4.74 Å². The third-order valence-corrected chi connectivity index (χ3v) is 4.55. The van der Waals surface area contributed by atoms with Crippen LogP contribution in [0.25, 0.3) is 5.69 Å². The maximum Gasteiger partial charge on any atom is 0.255 e. The highest BCUT2D eigenvalue weighted by Gasteiger charge is 2.26. The van der Waals surface area contributed by atoms with Crippen LogP contribution in [0.2, 0.25) is 0 Å². The van der Waals surface area contributed by atoms with Gasteiger partial charge in [0.05, 0.1) is 18.3 Å². The molecule has 0 spiro atoms. The molecule has 0 N–H and O–H groups in total. The van der Waals surface area contributed by atoms with E-state index >= 15 is 0 Å². The Kier molecular flexibility index (Phi) is 4.26. The fourth-order valence-electron chi connectivity index (χ4n) is 3.34. The van der Waals surface area contributed by atoms with Gasteiger partial charge < -0.3 is 14.2 Å². The topological polar surface area (TPSA) is 34.5 Å². The van der Waals surface area contributed by atoms with E-state index in [2.05, 4.69) is 30.5 Å². The van der Waals surface area contributed by atoms with Gasteiger partial charge in [-0.1, -0.05) is 18.2 Å². The van der Waals surface area contributed by atoms with E-state index in [1.54, 1.807) is 0 Å². The quantitative estimate of drug-likeness (QED) is 0.853. The SMILES string of the molecule is Cc1ccccc1-n1c(C)cc(C(=O)N2CCOC(C)C2)c1C. The van der Waals surface area contributed by atoms with Crippen molar-refractivity contribution >= 4 is 5.91 Å². The minimum absolute atomic E-state index is 0.104. The molecule has 1 unspecified atom stereocenters. The van der Waals surface area contributed by atoms with Gasteiger partial charge in [0, 0.05) is 30.2 Å². The van der Waals surface area contributed by atoms with E-state index in [1.165, 1.54) is 5.56 Å². The molecule has 0 radical (unpaired) electrons. The van der Waals surface area contributed by atoms with Gasteiger partial charge in [-0.25, -0.2) is 0 Å². The Morgan fingerprint density at radius 1 is 1.22 bits per heavy atom. The Morgan fingerprint density at radius 2 is 1.96 bits per heavy atom. The standard InChI is InChI=1S/C19H24N2O2/c1-13-7-5-6-8-18(13)21-14(2)11-17(16(21)4)19(22)20-9-10-23-15(3)12-20/h5-8,11,15H,9-10,12H2,1-4H3. The molecular formula is C19H24N2O2. The summed E-state index contributed by atoms with van der Waals surface area (Å²) in [6, 6.07) is 10.3. The van der Waals surface area contributed by atoms with Gasteiger partial charge in [0.15, 0.2) is 0 Å². The largest absolute Gasteiger partial charge is 0.375 e. The molecule has 0 aliphatic carbocycles. The average molecular weight is 312 g/mol. The number of morpholine rings is 1. The van der Waals surface area contributed by atoms with Gasteiger partial charge in [-0.15, -0.1) is 0 Å². The summed E-state index contributed by atoms with van der Waals surface area (Å²) in [5, 5.41) is 0. The molecule has 1 saturated heterocycles. The Morgan fingerprint density at radius 3 is 2.65 bits per heavy atom. The predicted octanol–water partition coefficient (Wildman–Crippen LogP) is 3.26. The molecule has 3 rings (SSSR count). The van der Waals surface area contributed by atoms with Gasteiger partial charge in [0.1, 0.15) is 0 Å². The second-order valence-corrected chi connectivity index (χ2v) is 6.34. The molecule has 2 aromatic rings. The summed E-state index contributed by atoms with van der Waals surface area (Å²) in [6.07, 6.45) is 0.104. The molecule has 1 fully saturated rings. The van der Waals surface area contributed by atoms with E-state index in [-0.39, 0.29) is 12.0 Å². The number of nitrogens with zero attached hydrogens (tertiary/aromatic N) is 2. The van der Waals surface area contributed by atoms with E-state index in [0.29, 0.717) is 19.7 Å². The number of aromatic nitrogens is 1. The third kappa shape index (κ3) is 2.91. The maximum absolute atomic E-state index is 12.9.